The van der Waals surface area contributed by atoms with Gasteiger partial charge in [-0.3, -0.25) is 15.2 Å². The molecule has 0 radical (unpaired) electrons. The van der Waals surface area contributed by atoms with Crippen LogP contribution in [0.5, 0.6) is 0 Å². The fraction of sp³-hybridized carbons (Fsp3) is 0.500. The van der Waals surface area contributed by atoms with Gasteiger partial charge in [0.15, 0.2) is 0 Å². The molecule has 1 aliphatic carbocycles. The average Bonchev–Trinajstić information content (AvgIpc) is 2.36. The Kier molecular flexibility index (Phi) is 2.03. The summed E-state index contributed by atoms with van der Waals surface area (Å²) in [6.45, 7) is 0. The second-order valence-electron chi connectivity index (χ2n) is 2.22. The fourth-order valence-corrected chi connectivity index (χ4v) is 0.994. The van der Waals surface area contributed by atoms with Gasteiger partial charge in [0, 0.05) is 5.57 Å². The van der Waals surface area contributed by atoms with E-state index in [2.05, 4.69) is 0 Å². The minimum atomic E-state index is -0.711. The molecule has 0 saturated heterocycles. The van der Waals surface area contributed by atoms with Crippen LogP contribution in [-0.2, 0) is 4.79 Å². The molecule has 0 atom stereocenters. The first-order valence-electron chi connectivity index (χ1n) is 3.13. The van der Waals surface area contributed by atoms with Gasteiger partial charge in [-0.1, -0.05) is 11.3 Å². The molecule has 4 nitrogen and oxygen atoms in total. The molecule has 0 aromatic carbocycles. The number of rotatable bonds is 1. The van der Waals surface area contributed by atoms with Gasteiger partial charge in [-0.15, -0.1) is 0 Å². The Balaban J connectivity index is 2.56. The molecule has 1 rings (SSSR count). The molecular formula is C6H9NO3. The Morgan fingerprint density at radius 2 is 2.30 bits per heavy atom. The van der Waals surface area contributed by atoms with Crippen molar-refractivity contribution < 1.29 is 15.2 Å². The number of carbonyl (C=O) groups is 1. The van der Waals surface area contributed by atoms with Gasteiger partial charge in [0.05, 0.1) is 0 Å². The van der Waals surface area contributed by atoms with E-state index in [1.165, 1.54) is 0 Å². The molecule has 56 valence electrons. The number of nitrogens with zero attached hydrogens (tertiary/aromatic N) is 1. The zero-order valence-corrected chi connectivity index (χ0v) is 5.45. The van der Waals surface area contributed by atoms with E-state index >= 15 is 0 Å². The predicted molar refractivity (Wildman–Crippen MR) is 32.4 cm³/mol. The first kappa shape index (κ1) is 7.24. The molecule has 0 unspecified atom stereocenters. The number of hydroxylamine groups is 2. The summed E-state index contributed by atoms with van der Waals surface area (Å²) in [5.74, 6) is -0.711. The number of allylic oxidation sites excluding steroid dienone is 1. The van der Waals surface area contributed by atoms with E-state index in [1.54, 1.807) is 6.08 Å². The van der Waals surface area contributed by atoms with E-state index in [0.717, 1.165) is 12.8 Å². The topological polar surface area (TPSA) is 60.8 Å². The summed E-state index contributed by atoms with van der Waals surface area (Å²) < 4.78 is 0. The molecule has 0 bridgehead atoms. The molecule has 1 aliphatic rings. The van der Waals surface area contributed by atoms with Crippen LogP contribution in [0.4, 0.5) is 0 Å². The fourth-order valence-electron chi connectivity index (χ4n) is 0.994. The van der Waals surface area contributed by atoms with E-state index in [0.29, 0.717) is 12.0 Å². The standard InChI is InChI=1S/C6H9NO3/c8-6(7(9)10)5-3-1-2-4-5/h3,9-10H,1-2,4H2. The lowest BCUT2D eigenvalue weighted by Gasteiger charge is -2.04. The lowest BCUT2D eigenvalue weighted by Crippen LogP contribution is -2.24. The summed E-state index contributed by atoms with van der Waals surface area (Å²) >= 11 is 0. The average molecular weight is 143 g/mol. The minimum absolute atomic E-state index is 0.364. The summed E-state index contributed by atoms with van der Waals surface area (Å²) in [4.78, 5) is 10.7. The third-order valence-electron chi connectivity index (χ3n) is 1.50. The minimum Gasteiger partial charge on any atom is -0.265 e. The van der Waals surface area contributed by atoms with Crippen molar-refractivity contribution in [2.45, 2.75) is 19.3 Å². The molecule has 0 saturated carbocycles. The summed E-state index contributed by atoms with van der Waals surface area (Å²) in [5.41, 5.74) is 0.491. The quantitative estimate of drug-likeness (QED) is 0.419. The van der Waals surface area contributed by atoms with Crippen molar-refractivity contribution in [2.24, 2.45) is 0 Å². The highest BCUT2D eigenvalue weighted by Crippen LogP contribution is 2.18. The van der Waals surface area contributed by atoms with Crippen LogP contribution in [0, 0.1) is 0 Å². The van der Waals surface area contributed by atoms with E-state index in [9.17, 15) is 4.79 Å². The van der Waals surface area contributed by atoms with E-state index in [-0.39, 0.29) is 5.23 Å². The van der Waals surface area contributed by atoms with Crippen LogP contribution >= 0.6 is 0 Å². The zero-order chi connectivity index (χ0) is 7.56. The first-order valence-corrected chi connectivity index (χ1v) is 3.13. The number of amides is 1. The lowest BCUT2D eigenvalue weighted by molar-refractivity contribution is -0.281. The molecule has 0 aliphatic heterocycles. The summed E-state index contributed by atoms with van der Waals surface area (Å²) in [6, 6.07) is 0. The van der Waals surface area contributed by atoms with Crippen molar-refractivity contribution in [2.75, 3.05) is 0 Å². The predicted octanol–water partition coefficient (Wildman–Crippen LogP) is 0.704. The maximum Gasteiger partial charge on any atom is 0.299 e. The Morgan fingerprint density at radius 3 is 2.70 bits per heavy atom. The Morgan fingerprint density at radius 1 is 1.60 bits per heavy atom. The number of carbonyl (C=O) groups excluding carboxylic acids is 1. The molecule has 0 aromatic rings. The highest BCUT2D eigenvalue weighted by Gasteiger charge is 2.16. The molecule has 10 heavy (non-hydrogen) atoms. The molecule has 4 heteroatoms. The van der Waals surface area contributed by atoms with Crippen molar-refractivity contribution in [3.05, 3.63) is 11.6 Å². The zero-order valence-electron chi connectivity index (χ0n) is 5.45. The third-order valence-corrected chi connectivity index (χ3v) is 1.50. The van der Waals surface area contributed by atoms with Gasteiger partial charge >= 0.3 is 0 Å². The van der Waals surface area contributed by atoms with Crippen molar-refractivity contribution in [1.29, 1.82) is 0 Å². The van der Waals surface area contributed by atoms with Crippen LogP contribution in [0.25, 0.3) is 0 Å². The molecule has 1 amide bonds. The number of hydrogen-bond donors (Lipinski definition) is 2. The molecule has 0 aromatic heterocycles. The van der Waals surface area contributed by atoms with Gasteiger partial charge in [0.25, 0.3) is 5.91 Å². The van der Waals surface area contributed by atoms with Gasteiger partial charge in [-0.25, -0.2) is 0 Å². The summed E-state index contributed by atoms with van der Waals surface area (Å²) in [5, 5.41) is 16.2. The summed E-state index contributed by atoms with van der Waals surface area (Å²) in [6.07, 6.45) is 4.15. The van der Waals surface area contributed by atoms with Gasteiger partial charge in [-0.2, -0.15) is 0 Å². The molecule has 2 N–H and O–H groups in total. The normalized spacial score (nSPS) is 16.8. The second-order valence-corrected chi connectivity index (χ2v) is 2.22. The molecule has 0 heterocycles. The van der Waals surface area contributed by atoms with Crippen molar-refractivity contribution in [3.8, 4) is 0 Å². The lowest BCUT2D eigenvalue weighted by atomic mass is 10.2. The van der Waals surface area contributed by atoms with Gasteiger partial charge in [-0.05, 0) is 19.3 Å². The Bertz CT molecular complexity index is 174. The van der Waals surface area contributed by atoms with Crippen LogP contribution in [0.2, 0.25) is 0 Å². The number of hydrogen-bond acceptors (Lipinski definition) is 3. The highest BCUT2D eigenvalue weighted by molar-refractivity contribution is 5.92. The molecular weight excluding hydrogens is 134 g/mol. The van der Waals surface area contributed by atoms with Gasteiger partial charge in [0.2, 0.25) is 0 Å². The smallest absolute Gasteiger partial charge is 0.265 e. The van der Waals surface area contributed by atoms with Crippen LogP contribution < -0.4 is 0 Å². The van der Waals surface area contributed by atoms with Crippen molar-refractivity contribution in [1.82, 2.24) is 5.23 Å². The third kappa shape index (κ3) is 1.34. The van der Waals surface area contributed by atoms with Crippen LogP contribution in [-0.4, -0.2) is 21.5 Å². The summed E-state index contributed by atoms with van der Waals surface area (Å²) in [7, 11) is 0. The molecule has 0 fully saturated rings. The van der Waals surface area contributed by atoms with Gasteiger partial charge < -0.3 is 0 Å². The van der Waals surface area contributed by atoms with E-state index in [4.69, 9.17) is 10.4 Å². The Hall–Kier alpha value is -0.870. The van der Waals surface area contributed by atoms with E-state index < -0.39 is 5.91 Å². The second kappa shape index (κ2) is 2.81. The van der Waals surface area contributed by atoms with Crippen LogP contribution in [0.3, 0.4) is 0 Å². The Labute approximate surface area is 58.3 Å². The highest BCUT2D eigenvalue weighted by atomic mass is 16.8. The maximum atomic E-state index is 10.7. The van der Waals surface area contributed by atoms with Crippen molar-refractivity contribution in [3.63, 3.8) is 0 Å². The molecule has 0 spiro atoms. The maximum absolute atomic E-state index is 10.7. The van der Waals surface area contributed by atoms with E-state index in [1.807, 2.05) is 0 Å². The van der Waals surface area contributed by atoms with Crippen LogP contribution in [0.15, 0.2) is 11.6 Å². The van der Waals surface area contributed by atoms with Crippen molar-refractivity contribution >= 4 is 5.91 Å². The monoisotopic (exact) mass is 143 g/mol. The SMILES string of the molecule is O=C(C1=CCCC1)N(O)O. The van der Waals surface area contributed by atoms with Crippen LogP contribution in [0.1, 0.15) is 19.3 Å². The largest absolute Gasteiger partial charge is 0.299 e. The first-order chi connectivity index (χ1) is 4.72. The van der Waals surface area contributed by atoms with Gasteiger partial charge in [0.1, 0.15) is 0 Å².